The van der Waals surface area contributed by atoms with Gasteiger partial charge in [-0.05, 0) is 6.07 Å². The highest BCUT2D eigenvalue weighted by Gasteiger charge is 2.30. The second-order valence-electron chi connectivity index (χ2n) is 3.90. The molecule has 106 valence electrons. The van der Waals surface area contributed by atoms with Crippen molar-refractivity contribution in [3.05, 3.63) is 41.1 Å². The van der Waals surface area contributed by atoms with E-state index in [0.717, 1.165) is 7.11 Å². The Hall–Kier alpha value is -2.18. The number of carbonyl (C=O) groups is 1. The van der Waals surface area contributed by atoms with Crippen molar-refractivity contribution >= 4 is 16.9 Å². The molecule has 0 aliphatic heterocycles. The molecule has 0 N–H and O–H groups in total. The van der Waals surface area contributed by atoms with E-state index in [-0.39, 0.29) is 10.9 Å². The van der Waals surface area contributed by atoms with Crippen LogP contribution in [0.4, 0.5) is 17.6 Å². The lowest BCUT2D eigenvalue weighted by molar-refractivity contribution is 0.0575. The average molecular weight is 287 g/mol. The molecule has 0 saturated carbocycles. The number of fused-ring (bicyclic) bond motifs is 1. The molecule has 0 radical (unpaired) electrons. The number of esters is 1. The number of rotatable bonds is 3. The Morgan fingerprint density at radius 1 is 1.15 bits per heavy atom. The summed E-state index contributed by atoms with van der Waals surface area (Å²) in [6.45, 7) is 0. The lowest BCUT2D eigenvalue weighted by atomic mass is 10.0. The molecule has 20 heavy (non-hydrogen) atoms. The predicted octanol–water partition coefficient (Wildman–Crippen LogP) is 3.90. The highest BCUT2D eigenvalue weighted by atomic mass is 19.3. The van der Waals surface area contributed by atoms with E-state index >= 15 is 0 Å². The molecule has 2 rings (SSSR count). The number of para-hydroxylation sites is 1. The van der Waals surface area contributed by atoms with Crippen molar-refractivity contribution < 1.29 is 27.1 Å². The Labute approximate surface area is 111 Å². The SMILES string of the molecule is COC(=O)c1c(C(F)F)nc2ccccc2c1C(F)F. The van der Waals surface area contributed by atoms with E-state index in [2.05, 4.69) is 9.72 Å². The monoisotopic (exact) mass is 287 g/mol. The summed E-state index contributed by atoms with van der Waals surface area (Å²) < 4.78 is 56.7. The third-order valence-electron chi connectivity index (χ3n) is 2.78. The Morgan fingerprint density at radius 2 is 1.80 bits per heavy atom. The maximum absolute atomic E-state index is 13.2. The minimum Gasteiger partial charge on any atom is -0.465 e. The summed E-state index contributed by atoms with van der Waals surface area (Å²) >= 11 is 0. The normalized spacial score (nSPS) is 11.3. The Morgan fingerprint density at radius 3 is 2.35 bits per heavy atom. The standard InChI is InChI=1S/C13H9F4NO2/c1-20-13(19)9-8(11(14)15)6-4-2-3-5-7(6)18-10(9)12(16)17/h2-5,11-12H,1H3. The number of pyridine rings is 1. The minimum absolute atomic E-state index is 0.0225. The van der Waals surface area contributed by atoms with Gasteiger partial charge >= 0.3 is 5.97 Å². The van der Waals surface area contributed by atoms with Crippen LogP contribution in [0.5, 0.6) is 0 Å². The van der Waals surface area contributed by atoms with Crippen LogP contribution in [0.2, 0.25) is 0 Å². The van der Waals surface area contributed by atoms with E-state index < -0.39 is 35.6 Å². The topological polar surface area (TPSA) is 39.2 Å². The summed E-state index contributed by atoms with van der Waals surface area (Å²) in [6, 6.07) is 5.57. The summed E-state index contributed by atoms with van der Waals surface area (Å²) in [5.41, 5.74) is -2.66. The Kier molecular flexibility index (Phi) is 3.87. The van der Waals surface area contributed by atoms with E-state index in [4.69, 9.17) is 0 Å². The molecule has 1 heterocycles. The first-order valence-corrected chi connectivity index (χ1v) is 5.54. The van der Waals surface area contributed by atoms with Crippen molar-refractivity contribution in [3.63, 3.8) is 0 Å². The zero-order valence-corrected chi connectivity index (χ0v) is 10.2. The van der Waals surface area contributed by atoms with Crippen molar-refractivity contribution in [1.29, 1.82) is 0 Å². The second-order valence-corrected chi connectivity index (χ2v) is 3.90. The van der Waals surface area contributed by atoms with Gasteiger partial charge in [0, 0.05) is 10.9 Å². The van der Waals surface area contributed by atoms with Crippen LogP contribution >= 0.6 is 0 Å². The van der Waals surface area contributed by atoms with Gasteiger partial charge in [-0.25, -0.2) is 27.3 Å². The molecule has 0 bridgehead atoms. The van der Waals surface area contributed by atoms with Gasteiger partial charge in [0.15, 0.2) is 0 Å². The van der Waals surface area contributed by atoms with Crippen LogP contribution in [0.25, 0.3) is 10.9 Å². The van der Waals surface area contributed by atoms with Crippen LogP contribution in [0.15, 0.2) is 24.3 Å². The molecule has 0 fully saturated rings. The van der Waals surface area contributed by atoms with Crippen molar-refractivity contribution in [2.75, 3.05) is 7.11 Å². The predicted molar refractivity (Wildman–Crippen MR) is 63.0 cm³/mol. The maximum Gasteiger partial charge on any atom is 0.340 e. The molecule has 2 aromatic rings. The fourth-order valence-electron chi connectivity index (χ4n) is 1.96. The Balaban J connectivity index is 2.93. The number of ether oxygens (including phenoxy) is 1. The fraction of sp³-hybridized carbons (Fsp3) is 0.231. The molecule has 0 amide bonds. The number of hydrogen-bond donors (Lipinski definition) is 0. The summed E-state index contributed by atoms with van der Waals surface area (Å²) in [6.07, 6.45) is -6.26. The van der Waals surface area contributed by atoms with Gasteiger partial charge < -0.3 is 4.74 Å². The average Bonchev–Trinajstić information content (AvgIpc) is 2.43. The molecule has 0 unspecified atom stereocenters. The van der Waals surface area contributed by atoms with Crippen LogP contribution in [0.1, 0.15) is 34.5 Å². The van der Waals surface area contributed by atoms with E-state index in [1.54, 1.807) is 0 Å². The molecule has 0 saturated heterocycles. The third-order valence-corrected chi connectivity index (χ3v) is 2.78. The van der Waals surface area contributed by atoms with Crippen molar-refractivity contribution in [2.45, 2.75) is 12.9 Å². The quantitative estimate of drug-likeness (QED) is 0.635. The van der Waals surface area contributed by atoms with E-state index in [1.165, 1.54) is 24.3 Å². The number of carbonyl (C=O) groups excluding carboxylic acids is 1. The number of benzene rings is 1. The van der Waals surface area contributed by atoms with E-state index in [0.29, 0.717) is 0 Å². The zero-order chi connectivity index (χ0) is 14.9. The smallest absolute Gasteiger partial charge is 0.340 e. The molecular formula is C13H9F4NO2. The first kappa shape index (κ1) is 14.2. The molecule has 7 heteroatoms. The van der Waals surface area contributed by atoms with Gasteiger partial charge in [0.1, 0.15) is 5.69 Å². The van der Waals surface area contributed by atoms with Gasteiger partial charge in [0.25, 0.3) is 12.9 Å². The van der Waals surface area contributed by atoms with Gasteiger partial charge in [-0.1, -0.05) is 18.2 Å². The third kappa shape index (κ3) is 2.31. The first-order valence-electron chi connectivity index (χ1n) is 5.54. The van der Waals surface area contributed by atoms with Gasteiger partial charge in [0.2, 0.25) is 0 Å². The van der Waals surface area contributed by atoms with Crippen LogP contribution < -0.4 is 0 Å². The molecular weight excluding hydrogens is 278 g/mol. The molecule has 0 atom stereocenters. The summed E-state index contributed by atoms with van der Waals surface area (Å²) in [7, 11) is 0.933. The van der Waals surface area contributed by atoms with Crippen LogP contribution in [0.3, 0.4) is 0 Å². The van der Waals surface area contributed by atoms with Crippen molar-refractivity contribution in [2.24, 2.45) is 0 Å². The van der Waals surface area contributed by atoms with Gasteiger partial charge in [-0.2, -0.15) is 0 Å². The zero-order valence-electron chi connectivity index (χ0n) is 10.2. The molecule has 0 spiro atoms. The largest absolute Gasteiger partial charge is 0.465 e. The van der Waals surface area contributed by atoms with Crippen molar-refractivity contribution in [3.8, 4) is 0 Å². The number of halogens is 4. The molecule has 0 aliphatic carbocycles. The second kappa shape index (κ2) is 5.44. The lowest BCUT2D eigenvalue weighted by Crippen LogP contribution is -2.13. The van der Waals surface area contributed by atoms with E-state index in [1.807, 2.05) is 0 Å². The molecule has 3 nitrogen and oxygen atoms in total. The highest BCUT2D eigenvalue weighted by molar-refractivity contribution is 5.98. The number of alkyl halides is 4. The number of hydrogen-bond acceptors (Lipinski definition) is 3. The summed E-state index contributed by atoms with van der Waals surface area (Å²) in [5, 5.41) is -0.0488. The molecule has 1 aromatic carbocycles. The number of aromatic nitrogens is 1. The fourth-order valence-corrected chi connectivity index (χ4v) is 1.96. The maximum atomic E-state index is 13.2. The minimum atomic E-state index is -3.16. The van der Waals surface area contributed by atoms with Crippen LogP contribution in [-0.4, -0.2) is 18.1 Å². The van der Waals surface area contributed by atoms with Crippen molar-refractivity contribution in [1.82, 2.24) is 4.98 Å². The molecule has 1 aromatic heterocycles. The van der Waals surface area contributed by atoms with Crippen LogP contribution in [-0.2, 0) is 4.74 Å². The van der Waals surface area contributed by atoms with Gasteiger partial charge in [-0.3, -0.25) is 0 Å². The highest BCUT2D eigenvalue weighted by Crippen LogP contribution is 2.35. The van der Waals surface area contributed by atoms with Gasteiger partial charge in [0.05, 0.1) is 18.2 Å². The Bertz CT molecular complexity index is 658. The summed E-state index contributed by atoms with van der Waals surface area (Å²) in [4.78, 5) is 15.2. The summed E-state index contributed by atoms with van der Waals surface area (Å²) in [5.74, 6) is -1.26. The number of methoxy groups -OCH3 is 1. The van der Waals surface area contributed by atoms with Gasteiger partial charge in [-0.15, -0.1) is 0 Å². The lowest BCUT2D eigenvalue weighted by Gasteiger charge is -2.14. The van der Waals surface area contributed by atoms with Crippen LogP contribution in [0, 0.1) is 0 Å². The van der Waals surface area contributed by atoms with E-state index in [9.17, 15) is 22.4 Å². The first-order chi connectivity index (χ1) is 9.47. The number of nitrogens with zero attached hydrogens (tertiary/aromatic N) is 1. The molecule has 0 aliphatic rings.